The third-order valence-electron chi connectivity index (χ3n) is 5.08. The van der Waals surface area contributed by atoms with Crippen LogP contribution in [0.4, 0.5) is 0 Å². The van der Waals surface area contributed by atoms with Crippen molar-refractivity contribution in [1.82, 2.24) is 4.98 Å². The van der Waals surface area contributed by atoms with Gasteiger partial charge in [-0.25, -0.2) is 0 Å². The molecule has 27 heavy (non-hydrogen) atoms. The van der Waals surface area contributed by atoms with E-state index in [4.69, 9.17) is 21.1 Å². The molecule has 0 amide bonds. The number of pyridine rings is 1. The lowest BCUT2D eigenvalue weighted by atomic mass is 9.75. The summed E-state index contributed by atoms with van der Waals surface area (Å²) in [6.07, 6.45) is 4.41. The zero-order chi connectivity index (χ0) is 19.3. The number of aromatic nitrogens is 1. The number of carbonyl (C=O) groups excluding carboxylic acids is 2. The van der Waals surface area contributed by atoms with Gasteiger partial charge in [-0.2, -0.15) is 0 Å². The molecule has 2 aromatic rings. The number of nitrogens with zero attached hydrogens (tertiary/aromatic N) is 1. The largest absolute Gasteiger partial charge is 0.507 e. The van der Waals surface area contributed by atoms with Crippen molar-refractivity contribution in [3.8, 4) is 22.6 Å². The molecule has 1 N–H and O–H groups in total. The summed E-state index contributed by atoms with van der Waals surface area (Å²) < 4.78 is 11.4. The highest BCUT2D eigenvalue weighted by molar-refractivity contribution is 6.36. The normalized spacial score (nSPS) is 23.8. The minimum absolute atomic E-state index is 0.0825. The van der Waals surface area contributed by atoms with Gasteiger partial charge in [-0.1, -0.05) is 24.6 Å². The van der Waals surface area contributed by atoms with E-state index in [2.05, 4.69) is 4.98 Å². The number of aliphatic hydroxyl groups excluding tert-OH is 1. The molecule has 7 heteroatoms. The summed E-state index contributed by atoms with van der Waals surface area (Å²) in [5.74, 6) is -1.27. The predicted octanol–water partition coefficient (Wildman–Crippen LogP) is 3.78. The number of allylic oxidation sites excluding steroid dienone is 1. The van der Waals surface area contributed by atoms with Gasteiger partial charge in [0.25, 0.3) is 0 Å². The molecule has 2 heterocycles. The van der Waals surface area contributed by atoms with Crippen molar-refractivity contribution in [2.75, 3.05) is 7.11 Å². The van der Waals surface area contributed by atoms with Crippen LogP contribution in [0.2, 0.25) is 5.02 Å². The van der Waals surface area contributed by atoms with Crippen LogP contribution in [0.3, 0.4) is 0 Å². The Hall–Kier alpha value is -2.86. The summed E-state index contributed by atoms with van der Waals surface area (Å²) in [5.41, 5.74) is -0.183. The van der Waals surface area contributed by atoms with Crippen LogP contribution in [-0.2, 0) is 4.79 Å². The SMILES string of the molecule is COc1cc(-c2cccnc2)c(Cl)c2c1C(=O)[C@@]1(O2)C(O)=CC(=O)C[C@H]1C. The average Bonchev–Trinajstić information content (AvgIpc) is 2.97. The maximum atomic E-state index is 13.3. The van der Waals surface area contributed by atoms with Crippen molar-refractivity contribution in [2.45, 2.75) is 18.9 Å². The quantitative estimate of drug-likeness (QED) is 0.846. The van der Waals surface area contributed by atoms with E-state index in [0.29, 0.717) is 5.56 Å². The highest BCUT2D eigenvalue weighted by Gasteiger charge is 2.59. The van der Waals surface area contributed by atoms with Crippen molar-refractivity contribution in [1.29, 1.82) is 0 Å². The van der Waals surface area contributed by atoms with Gasteiger partial charge in [0.15, 0.2) is 11.5 Å². The Labute approximate surface area is 160 Å². The minimum Gasteiger partial charge on any atom is -0.507 e. The lowest BCUT2D eigenvalue weighted by Crippen LogP contribution is -2.51. The predicted molar refractivity (Wildman–Crippen MR) is 98.4 cm³/mol. The number of methoxy groups -OCH3 is 1. The third-order valence-corrected chi connectivity index (χ3v) is 5.46. The number of carbonyl (C=O) groups is 2. The third kappa shape index (κ3) is 2.36. The number of hydrogen-bond donors (Lipinski definition) is 1. The number of rotatable bonds is 2. The van der Waals surface area contributed by atoms with Crippen molar-refractivity contribution >= 4 is 23.2 Å². The molecule has 138 valence electrons. The fourth-order valence-electron chi connectivity index (χ4n) is 3.72. The monoisotopic (exact) mass is 385 g/mol. The number of fused-ring (bicyclic) bond motifs is 1. The van der Waals surface area contributed by atoms with Crippen LogP contribution >= 0.6 is 11.6 Å². The second-order valence-corrected chi connectivity index (χ2v) is 7.03. The molecule has 2 aliphatic rings. The number of aliphatic hydroxyl groups is 1. The molecule has 0 saturated heterocycles. The van der Waals surface area contributed by atoms with Crippen molar-refractivity contribution < 1.29 is 24.2 Å². The molecule has 1 aromatic carbocycles. The van der Waals surface area contributed by atoms with Crippen LogP contribution in [-0.4, -0.2) is 34.4 Å². The van der Waals surface area contributed by atoms with Gasteiger partial charge in [-0.15, -0.1) is 0 Å². The molecule has 0 bridgehead atoms. The van der Waals surface area contributed by atoms with Gasteiger partial charge < -0.3 is 14.6 Å². The van der Waals surface area contributed by atoms with Gasteiger partial charge in [0.1, 0.15) is 17.1 Å². The summed E-state index contributed by atoms with van der Waals surface area (Å²) in [7, 11) is 1.44. The van der Waals surface area contributed by atoms with Gasteiger partial charge in [0, 0.05) is 41.9 Å². The topological polar surface area (TPSA) is 85.7 Å². The van der Waals surface area contributed by atoms with Crippen molar-refractivity contribution in [2.24, 2.45) is 5.92 Å². The lowest BCUT2D eigenvalue weighted by molar-refractivity contribution is -0.118. The number of benzene rings is 1. The number of halogens is 1. The van der Waals surface area contributed by atoms with E-state index in [-0.39, 0.29) is 34.3 Å². The zero-order valence-corrected chi connectivity index (χ0v) is 15.4. The molecule has 2 atom stereocenters. The molecule has 1 aliphatic heterocycles. The fraction of sp³-hybridized carbons (Fsp3) is 0.250. The number of hydrogen-bond acceptors (Lipinski definition) is 6. The standard InChI is InChI=1S/C20H16ClNO5/c1-10-6-12(23)7-15(24)20(10)19(25)16-14(26-2)8-13(17(21)18(16)27-20)11-4-3-5-22-9-11/h3-5,7-10,24H,6H2,1-2H3/t10-,20+/m1/s1. The first-order valence-electron chi connectivity index (χ1n) is 8.38. The summed E-state index contributed by atoms with van der Waals surface area (Å²) >= 11 is 6.58. The van der Waals surface area contributed by atoms with Crippen LogP contribution < -0.4 is 9.47 Å². The maximum Gasteiger partial charge on any atom is 0.230 e. The van der Waals surface area contributed by atoms with E-state index in [1.807, 2.05) is 6.07 Å². The number of ether oxygens (including phenoxy) is 2. The molecule has 0 fully saturated rings. The van der Waals surface area contributed by atoms with E-state index in [9.17, 15) is 14.7 Å². The van der Waals surface area contributed by atoms with Gasteiger partial charge >= 0.3 is 0 Å². The van der Waals surface area contributed by atoms with E-state index in [0.717, 1.165) is 11.6 Å². The molecule has 4 rings (SSSR count). The highest BCUT2D eigenvalue weighted by atomic mass is 35.5. The second-order valence-electron chi connectivity index (χ2n) is 6.65. The zero-order valence-electron chi connectivity index (χ0n) is 14.7. The Balaban J connectivity index is 1.95. The Morgan fingerprint density at radius 3 is 2.81 bits per heavy atom. The molecule has 6 nitrogen and oxygen atoms in total. The Morgan fingerprint density at radius 1 is 1.41 bits per heavy atom. The number of ketones is 2. The van der Waals surface area contributed by atoms with E-state index in [1.54, 1.807) is 31.5 Å². The maximum absolute atomic E-state index is 13.3. The first kappa shape index (κ1) is 17.5. The summed E-state index contributed by atoms with van der Waals surface area (Å²) in [5, 5.41) is 10.7. The van der Waals surface area contributed by atoms with E-state index < -0.39 is 23.1 Å². The van der Waals surface area contributed by atoms with Crippen LogP contribution in [0, 0.1) is 5.92 Å². The first-order valence-corrected chi connectivity index (χ1v) is 8.76. The minimum atomic E-state index is -1.67. The average molecular weight is 386 g/mol. The van der Waals surface area contributed by atoms with E-state index in [1.165, 1.54) is 7.11 Å². The number of Topliss-reactive ketones (excluding diaryl/α,β-unsaturated/α-hetero) is 1. The fourth-order valence-corrected chi connectivity index (χ4v) is 4.01. The Bertz CT molecular complexity index is 1000. The van der Waals surface area contributed by atoms with E-state index >= 15 is 0 Å². The summed E-state index contributed by atoms with van der Waals surface area (Å²) in [4.78, 5) is 29.2. The summed E-state index contributed by atoms with van der Waals surface area (Å²) in [6.45, 7) is 1.69. The Morgan fingerprint density at radius 2 is 2.19 bits per heavy atom. The smallest absolute Gasteiger partial charge is 0.230 e. The van der Waals surface area contributed by atoms with Crippen molar-refractivity contribution in [3.63, 3.8) is 0 Å². The van der Waals surface area contributed by atoms with Crippen LogP contribution in [0.25, 0.3) is 11.1 Å². The lowest BCUT2D eigenvalue weighted by Gasteiger charge is -2.34. The van der Waals surface area contributed by atoms with Gasteiger partial charge in [-0.3, -0.25) is 14.6 Å². The second kappa shape index (κ2) is 6.09. The molecule has 0 radical (unpaired) electrons. The van der Waals surface area contributed by atoms with Gasteiger partial charge in [0.05, 0.1) is 12.1 Å². The van der Waals surface area contributed by atoms with Gasteiger partial charge in [-0.05, 0) is 12.1 Å². The highest BCUT2D eigenvalue weighted by Crippen LogP contribution is 2.53. The molecule has 0 saturated carbocycles. The molecular weight excluding hydrogens is 370 g/mol. The van der Waals surface area contributed by atoms with Crippen LogP contribution in [0.1, 0.15) is 23.7 Å². The molecule has 1 aliphatic carbocycles. The summed E-state index contributed by atoms with van der Waals surface area (Å²) in [6, 6.07) is 5.24. The molecule has 1 spiro atoms. The molecule has 1 aromatic heterocycles. The van der Waals surface area contributed by atoms with Crippen LogP contribution in [0.5, 0.6) is 11.5 Å². The van der Waals surface area contributed by atoms with Crippen LogP contribution in [0.15, 0.2) is 42.4 Å². The Kier molecular flexibility index (Phi) is 3.96. The first-order chi connectivity index (χ1) is 12.9. The van der Waals surface area contributed by atoms with Gasteiger partial charge in [0.2, 0.25) is 11.4 Å². The molecular formula is C20H16ClNO5. The van der Waals surface area contributed by atoms with Crippen molar-refractivity contribution in [3.05, 3.63) is 53.0 Å². The molecule has 0 unspecified atom stereocenters.